The summed E-state index contributed by atoms with van der Waals surface area (Å²) >= 11 is 0. The van der Waals surface area contributed by atoms with Crippen molar-refractivity contribution in [3.8, 4) is 0 Å². The van der Waals surface area contributed by atoms with Crippen LogP contribution in [0.4, 0.5) is 0 Å². The van der Waals surface area contributed by atoms with E-state index in [-0.39, 0.29) is 19.3 Å². The molecule has 0 aliphatic rings. The van der Waals surface area contributed by atoms with Gasteiger partial charge in [0.05, 0.1) is 45.7 Å². The molecule has 0 aromatic carbocycles. The van der Waals surface area contributed by atoms with Gasteiger partial charge in [-0.25, -0.2) is 9.78 Å². The predicted octanol–water partition coefficient (Wildman–Crippen LogP) is 2.09. The molecule has 0 aliphatic carbocycles. The zero-order chi connectivity index (χ0) is 16.9. The topological polar surface area (TPSA) is 77.4 Å². The molecule has 0 saturated carbocycles. The van der Waals surface area contributed by atoms with Crippen molar-refractivity contribution < 1.29 is 29.5 Å². The molecule has 2 N–H and O–H groups in total. The summed E-state index contributed by atoms with van der Waals surface area (Å²) < 4.78 is 9.75. The van der Waals surface area contributed by atoms with Gasteiger partial charge in [0, 0.05) is 0 Å². The summed E-state index contributed by atoms with van der Waals surface area (Å²) in [5, 5.41) is 16.5. The third-order valence-corrected chi connectivity index (χ3v) is 2.57. The normalized spacial score (nSPS) is 11.6. The molecular weight excluding hydrogens is 288 g/mol. The van der Waals surface area contributed by atoms with Gasteiger partial charge in [0.25, 0.3) is 0 Å². The Hall–Kier alpha value is -0.500. The van der Waals surface area contributed by atoms with E-state index in [9.17, 15) is 0 Å². The average molecular weight is 322 g/mol. The van der Waals surface area contributed by atoms with Gasteiger partial charge in [0.15, 0.2) is 0 Å². The van der Waals surface area contributed by atoms with Gasteiger partial charge in [-0.1, -0.05) is 32.8 Å². The van der Waals surface area contributed by atoms with Crippen molar-refractivity contribution in [2.75, 3.05) is 46.2 Å². The Balaban J connectivity index is 0. The number of ether oxygens (including phenoxy) is 2. The largest absolute Gasteiger partial charge is 0.394 e. The number of aliphatic hydroxyl groups is 2. The number of aliphatic hydroxyl groups excluding tert-OH is 2. The van der Waals surface area contributed by atoms with Gasteiger partial charge in [-0.05, 0) is 12.8 Å². The number of hydrogen-bond donors (Lipinski definition) is 2. The third kappa shape index (κ3) is 21.8. The van der Waals surface area contributed by atoms with Crippen molar-refractivity contribution in [2.24, 2.45) is 0 Å². The van der Waals surface area contributed by atoms with E-state index in [2.05, 4.69) is 20.4 Å². The van der Waals surface area contributed by atoms with Crippen LogP contribution in [0.15, 0.2) is 12.7 Å². The molecule has 0 fully saturated rings. The molecule has 1 atom stereocenters. The predicted molar refractivity (Wildman–Crippen MR) is 86.6 cm³/mol. The van der Waals surface area contributed by atoms with Crippen molar-refractivity contribution in [3.63, 3.8) is 0 Å². The molecule has 1 unspecified atom stereocenters. The van der Waals surface area contributed by atoms with E-state index in [1.54, 1.807) is 6.08 Å². The number of rotatable bonds is 15. The minimum absolute atomic E-state index is 0.0417. The fourth-order valence-electron chi connectivity index (χ4n) is 1.39. The molecule has 0 rings (SSSR count). The van der Waals surface area contributed by atoms with Crippen LogP contribution in [0.2, 0.25) is 0 Å². The minimum Gasteiger partial charge on any atom is -0.394 e. The summed E-state index contributed by atoms with van der Waals surface area (Å²) in [6, 6.07) is 0. The summed E-state index contributed by atoms with van der Waals surface area (Å²) in [5.74, 6) is 0. The van der Waals surface area contributed by atoms with Crippen LogP contribution in [0.25, 0.3) is 0 Å². The first-order valence-corrected chi connectivity index (χ1v) is 8.03. The summed E-state index contributed by atoms with van der Waals surface area (Å²) in [5.41, 5.74) is 0. The van der Waals surface area contributed by atoms with E-state index in [0.29, 0.717) is 33.0 Å². The molecule has 0 amide bonds. The van der Waals surface area contributed by atoms with Gasteiger partial charge in [0.1, 0.15) is 6.61 Å². The SMILES string of the molecule is C=CCOOC(CC)CCCC.OCCOCCOCCO. The summed E-state index contributed by atoms with van der Waals surface area (Å²) in [4.78, 5) is 10.1. The van der Waals surface area contributed by atoms with Crippen LogP contribution in [-0.4, -0.2) is 62.6 Å². The Bertz CT molecular complexity index is 193. The number of unbranched alkanes of at least 4 members (excludes halogenated alkanes) is 1. The summed E-state index contributed by atoms with van der Waals surface area (Å²) in [6.07, 6.45) is 6.45. The van der Waals surface area contributed by atoms with Gasteiger partial charge in [-0.2, -0.15) is 0 Å². The van der Waals surface area contributed by atoms with Crippen LogP contribution < -0.4 is 0 Å². The molecule has 0 radical (unpaired) electrons. The second-order valence-corrected chi connectivity index (χ2v) is 4.51. The molecule has 6 heteroatoms. The molecule has 0 saturated heterocycles. The lowest BCUT2D eigenvalue weighted by Crippen LogP contribution is -2.12. The first kappa shape index (κ1) is 23.8. The summed E-state index contributed by atoms with van der Waals surface area (Å²) in [7, 11) is 0. The van der Waals surface area contributed by atoms with Crippen LogP contribution >= 0.6 is 0 Å². The highest BCUT2D eigenvalue weighted by Gasteiger charge is 2.05. The molecule has 0 aromatic rings. The van der Waals surface area contributed by atoms with Crippen LogP contribution in [0.5, 0.6) is 0 Å². The molecule has 0 spiro atoms. The van der Waals surface area contributed by atoms with Crippen molar-refractivity contribution in [2.45, 2.75) is 45.6 Å². The zero-order valence-corrected chi connectivity index (χ0v) is 14.2. The molecule has 134 valence electrons. The highest BCUT2D eigenvalue weighted by atomic mass is 17.2. The van der Waals surface area contributed by atoms with Crippen molar-refractivity contribution >= 4 is 0 Å². The molecule has 0 heterocycles. The Morgan fingerprint density at radius 1 is 1.00 bits per heavy atom. The Kier molecular flexibility index (Phi) is 24.6. The van der Waals surface area contributed by atoms with E-state index in [1.807, 2.05) is 0 Å². The minimum atomic E-state index is 0.0417. The second kappa shape index (κ2) is 22.8. The standard InChI is InChI=1S/C10H20O2.C6H14O4/c1-4-7-8-10(6-3)12-11-9-5-2;7-1-3-9-5-6-10-4-2-8/h5,10H,2,4,6-9H2,1,3H3;7-8H,1-6H2. The van der Waals surface area contributed by atoms with E-state index in [1.165, 1.54) is 12.8 Å². The van der Waals surface area contributed by atoms with E-state index in [0.717, 1.165) is 12.8 Å². The van der Waals surface area contributed by atoms with Crippen molar-refractivity contribution in [1.82, 2.24) is 0 Å². The van der Waals surface area contributed by atoms with E-state index in [4.69, 9.17) is 29.5 Å². The average Bonchev–Trinajstić information content (AvgIpc) is 2.55. The lowest BCUT2D eigenvalue weighted by molar-refractivity contribution is -0.318. The smallest absolute Gasteiger partial charge is 0.100 e. The fourth-order valence-corrected chi connectivity index (χ4v) is 1.39. The highest BCUT2D eigenvalue weighted by Crippen LogP contribution is 2.08. The van der Waals surface area contributed by atoms with Gasteiger partial charge in [0.2, 0.25) is 0 Å². The second-order valence-electron chi connectivity index (χ2n) is 4.51. The molecule has 0 bridgehead atoms. The Labute approximate surface area is 135 Å². The quantitative estimate of drug-likeness (QED) is 0.208. The van der Waals surface area contributed by atoms with Gasteiger partial charge >= 0.3 is 0 Å². The highest BCUT2D eigenvalue weighted by molar-refractivity contribution is 4.62. The summed E-state index contributed by atoms with van der Waals surface area (Å²) in [6.45, 7) is 10.0. The van der Waals surface area contributed by atoms with Crippen LogP contribution in [0, 0.1) is 0 Å². The zero-order valence-electron chi connectivity index (χ0n) is 14.2. The molecular formula is C16H34O6. The lowest BCUT2D eigenvalue weighted by Gasteiger charge is -2.13. The lowest BCUT2D eigenvalue weighted by atomic mass is 10.1. The van der Waals surface area contributed by atoms with Gasteiger partial charge < -0.3 is 19.7 Å². The Morgan fingerprint density at radius 3 is 2.00 bits per heavy atom. The van der Waals surface area contributed by atoms with Crippen LogP contribution in [0.1, 0.15) is 39.5 Å². The van der Waals surface area contributed by atoms with E-state index < -0.39 is 0 Å². The van der Waals surface area contributed by atoms with Crippen molar-refractivity contribution in [1.29, 1.82) is 0 Å². The number of hydrogen-bond acceptors (Lipinski definition) is 6. The molecule has 6 nitrogen and oxygen atoms in total. The van der Waals surface area contributed by atoms with E-state index >= 15 is 0 Å². The molecule has 0 aliphatic heterocycles. The maximum atomic E-state index is 8.26. The van der Waals surface area contributed by atoms with Gasteiger partial charge in [-0.3, -0.25) is 0 Å². The first-order chi connectivity index (χ1) is 10.8. The van der Waals surface area contributed by atoms with Crippen LogP contribution in [0.3, 0.4) is 0 Å². The van der Waals surface area contributed by atoms with Crippen LogP contribution in [-0.2, 0) is 19.2 Å². The monoisotopic (exact) mass is 322 g/mol. The third-order valence-electron chi connectivity index (χ3n) is 2.57. The maximum absolute atomic E-state index is 8.26. The van der Waals surface area contributed by atoms with Gasteiger partial charge in [-0.15, -0.1) is 6.58 Å². The van der Waals surface area contributed by atoms with Crippen molar-refractivity contribution in [3.05, 3.63) is 12.7 Å². The Morgan fingerprint density at radius 2 is 1.59 bits per heavy atom. The maximum Gasteiger partial charge on any atom is 0.100 e. The molecule has 22 heavy (non-hydrogen) atoms. The molecule has 0 aromatic heterocycles. The fraction of sp³-hybridized carbons (Fsp3) is 0.875. The first-order valence-electron chi connectivity index (χ1n) is 8.03.